The van der Waals surface area contributed by atoms with Gasteiger partial charge in [0.15, 0.2) is 0 Å². The summed E-state index contributed by atoms with van der Waals surface area (Å²) in [6, 6.07) is 35.1. The van der Waals surface area contributed by atoms with Crippen LogP contribution in [0.2, 0.25) is 0 Å². The summed E-state index contributed by atoms with van der Waals surface area (Å²) in [6.07, 6.45) is 11.4. The van der Waals surface area contributed by atoms with Gasteiger partial charge in [-0.15, -0.1) is 34.0 Å². The van der Waals surface area contributed by atoms with E-state index in [0.29, 0.717) is 71.8 Å². The maximum Gasteiger partial charge on any atom is 0.345 e. The Morgan fingerprint density at radius 2 is 0.841 bits per heavy atom. The standard InChI is InChI=1S/C21H24N4O4S.2C21H26N4O2S.C17H23N3O2.C15H21N3O2.CH4.U.V.W.H2/c1-14-11-15-16(12-17(14)29-8-2-5-25-6-9-28-10-7-25)22-13-23-20(15)24-19-4-3-18(30-19)21(26)27;1-15-12-17-18(23-14-25(21(17)22)20-5-4-16(2)28-20)13-19(15)27-9-3-6-24-7-10-26-11-8-24;1-15-12-17-18(22-14-23-21(17)24-20-5-4-16(2)28-20)13-19(15)27-9-3-6-25-7-10-26-11-8-25;1-3-19-16-12-17(14(2)11-15(16)13-18)22-8-4-5-20-6-9-21-10-7-20;1-12-9-13(11-16)14(17)10-15(12)20-6-2-3-18-4-7-19-8-5-18;;;;;/h3-4,11-13H,2,5-10H2,1H3,(H,26,27)(H,22,23,24);4-5,12-14,22H,3,6-11H2,1-2H3;4-5,12-14H,3,6-11H2,1-2H3,(H,22,23,24);3,11-12H,4-10H2,1-2H3;9-10H,2-8,17H2,1H3;1H4;;;;1H. The van der Waals surface area contributed by atoms with Gasteiger partial charge in [0.25, 0.3) is 0 Å². The first-order chi connectivity index (χ1) is 62.3. The molecule has 0 amide bonds. The normalized spacial score (nSPS) is 14.8. The summed E-state index contributed by atoms with van der Waals surface area (Å²) in [5, 5.41) is 47.9. The van der Waals surface area contributed by atoms with Crippen molar-refractivity contribution in [3.63, 3.8) is 0 Å². The van der Waals surface area contributed by atoms with E-state index >= 15 is 0 Å². The first kappa shape index (κ1) is 109. The van der Waals surface area contributed by atoms with Crippen molar-refractivity contribution in [1.82, 2.24) is 54.0 Å². The van der Waals surface area contributed by atoms with E-state index in [1.807, 2.05) is 87.7 Å². The number of rotatable bonds is 32. The maximum atomic E-state index is 11.1. The molecule has 16 rings (SSSR count). The largest absolute Gasteiger partial charge is 0.493 e. The molecule has 5 aliphatic heterocycles. The van der Waals surface area contributed by atoms with Gasteiger partial charge in [0.2, 0.25) is 0 Å². The number of nitrogens with one attached hydrogen (secondary N) is 3. The summed E-state index contributed by atoms with van der Waals surface area (Å²) in [5.41, 5.74) is 16.0. The fraction of sp³-hybridized carbons (Fsp3) is 0.458. The molecule has 0 bridgehead atoms. The van der Waals surface area contributed by atoms with Crippen molar-refractivity contribution in [3.8, 4) is 45.9 Å². The molecule has 5 fully saturated rings. The van der Waals surface area contributed by atoms with Gasteiger partial charge in [-0.3, -0.25) is 39.5 Å². The summed E-state index contributed by atoms with van der Waals surface area (Å²) < 4.78 is 58.4. The molecule has 11 aromatic rings. The van der Waals surface area contributed by atoms with E-state index in [1.54, 1.807) is 65.8 Å². The van der Waals surface area contributed by atoms with Crippen LogP contribution in [0.25, 0.3) is 37.7 Å². The number of nitriles is 2. The minimum absolute atomic E-state index is 0. The van der Waals surface area contributed by atoms with Crippen LogP contribution in [0.15, 0.2) is 121 Å². The molecule has 11 heterocycles. The van der Waals surface area contributed by atoms with Crippen molar-refractivity contribution in [2.24, 2.45) is 4.99 Å². The molecule has 705 valence electrons. The number of aromatic nitrogens is 6. The Hall–Kier alpha value is -8.54. The molecule has 0 saturated carbocycles. The number of aliphatic imine (C=N–C) groups is 1. The monoisotopic (exact) mass is 2290 g/mol. The molecular weight excluding hydrogens is 2170 g/mol. The van der Waals surface area contributed by atoms with E-state index in [-0.39, 0.29) is 84.5 Å². The zero-order chi connectivity index (χ0) is 89.9. The first-order valence-corrected chi connectivity index (χ1v) is 46.4. The van der Waals surface area contributed by atoms with Gasteiger partial charge in [-0.25, -0.2) is 29.7 Å². The number of nitrogens with zero attached hydrogens (tertiary/aromatic N) is 14. The number of ether oxygens (including phenoxy) is 10. The Labute approximate surface area is 838 Å². The van der Waals surface area contributed by atoms with Crippen LogP contribution in [-0.4, -0.2) is 269 Å². The maximum absolute atomic E-state index is 11.1. The molecule has 0 spiro atoms. The van der Waals surface area contributed by atoms with Crippen LogP contribution < -0.4 is 45.5 Å². The number of nitrogens with two attached hydrogens (primary N) is 1. The van der Waals surface area contributed by atoms with E-state index < -0.39 is 5.97 Å². The fourth-order valence-corrected chi connectivity index (χ4v) is 17.3. The number of fused-ring (bicyclic) bond motifs is 3. The quantitative estimate of drug-likeness (QED) is 0.0148. The van der Waals surface area contributed by atoms with E-state index in [1.165, 1.54) is 27.4 Å². The summed E-state index contributed by atoms with van der Waals surface area (Å²) in [5.74, 6) is 4.67. The number of carboxylic acid groups (broad SMARTS) is 1. The van der Waals surface area contributed by atoms with Gasteiger partial charge >= 0.3 is 5.97 Å². The number of nitrogen functional groups attached to an aromatic ring is 1. The van der Waals surface area contributed by atoms with Crippen molar-refractivity contribution in [1.29, 1.82) is 15.9 Å². The minimum Gasteiger partial charge on any atom is -0.493 e. The molecule has 30 nitrogen and oxygen atoms in total. The van der Waals surface area contributed by atoms with Gasteiger partial charge < -0.3 is 68.8 Å². The van der Waals surface area contributed by atoms with E-state index in [9.17, 15) is 4.79 Å². The Bertz CT molecular complexity index is 5620. The molecule has 132 heavy (non-hydrogen) atoms. The van der Waals surface area contributed by atoms with Gasteiger partial charge in [0.05, 0.1) is 148 Å². The third-order valence-electron chi connectivity index (χ3n) is 22.0. The summed E-state index contributed by atoms with van der Waals surface area (Å²) in [6.45, 7) is 42.8. The number of benzene rings is 5. The van der Waals surface area contributed by atoms with Crippen molar-refractivity contribution in [2.45, 2.75) is 94.9 Å². The number of hydrogen-bond acceptors (Lipinski definition) is 31. The van der Waals surface area contributed by atoms with Crippen molar-refractivity contribution >= 4 is 112 Å². The van der Waals surface area contributed by atoms with Crippen LogP contribution in [0.5, 0.6) is 28.7 Å². The predicted octanol–water partition coefficient (Wildman–Crippen LogP) is 16.1. The smallest absolute Gasteiger partial charge is 0.345 e. The molecular formula is C96H126N18O12S3UVW. The number of morpholine rings is 5. The van der Waals surface area contributed by atoms with Gasteiger partial charge in [0, 0.05) is 233 Å². The number of carbonyl (C=O) groups is 1. The molecule has 0 unspecified atom stereocenters. The van der Waals surface area contributed by atoms with Crippen LogP contribution in [0.4, 0.5) is 33.0 Å². The van der Waals surface area contributed by atoms with E-state index in [2.05, 4.69) is 122 Å². The average Bonchev–Trinajstić information content (AvgIpc) is 1.16. The van der Waals surface area contributed by atoms with Crippen molar-refractivity contribution in [2.75, 3.05) is 214 Å². The Balaban J connectivity index is 0.000000227. The molecule has 5 aromatic carbocycles. The second-order valence-corrected chi connectivity index (χ2v) is 35.2. The third kappa shape index (κ3) is 33.5. The van der Waals surface area contributed by atoms with E-state index in [4.69, 9.17) is 74.1 Å². The number of anilines is 5. The van der Waals surface area contributed by atoms with Crippen molar-refractivity contribution in [3.05, 3.63) is 175 Å². The molecule has 6 N–H and O–H groups in total. The second-order valence-electron chi connectivity index (χ2n) is 31.6. The number of hydrogen-bond donors (Lipinski definition) is 5. The zero-order valence-electron chi connectivity index (χ0n) is 76.2. The number of thiophene rings is 3. The molecule has 36 heteroatoms. The SMILES string of the molecule is C.CC=Nc1cc(OCCCN2CCOCC2)c(C)cc1C#N.Cc1cc(C#N)c(N)cc1OCCCN1CCOCC1.Cc1cc2c(Nc3ccc(C(=O)O)s3)ncnc2cc1OCCCN1CCOCC1.Cc1ccc(-n2cnc3cc(OCCCN4CCOCC4)c(C)cc3c2=N)s1.Cc1ccc(Nc2ncnc3cc(OCCCN4CCOCC4)c(C)cc23)s1.[HH].[U].[V].[W]. The Morgan fingerprint density at radius 1 is 0.492 bits per heavy atom. The van der Waals surface area contributed by atoms with Crippen LogP contribution in [0, 0.1) is 108 Å². The summed E-state index contributed by atoms with van der Waals surface area (Å²) in [7, 11) is 0. The zero-order valence-corrected chi connectivity index (χ0v) is 87.1. The Morgan fingerprint density at radius 3 is 1.20 bits per heavy atom. The van der Waals surface area contributed by atoms with Crippen LogP contribution >= 0.6 is 34.0 Å². The molecule has 0 atom stereocenters. The van der Waals surface area contributed by atoms with Gasteiger partial charge in [0.1, 0.15) is 86.9 Å². The third-order valence-corrected chi connectivity index (χ3v) is 24.9. The number of carboxylic acids is 1. The van der Waals surface area contributed by atoms with Gasteiger partial charge in [-0.05, 0) is 182 Å². The molecule has 0 aliphatic carbocycles. The molecule has 5 aliphatic rings. The van der Waals surface area contributed by atoms with Crippen molar-refractivity contribution < 1.29 is 129 Å². The predicted molar refractivity (Wildman–Crippen MR) is 515 cm³/mol. The van der Waals surface area contributed by atoms with Crippen LogP contribution in [0.3, 0.4) is 0 Å². The fourth-order valence-electron chi connectivity index (χ4n) is 14.9. The molecule has 1 radical (unpaired) electrons. The summed E-state index contributed by atoms with van der Waals surface area (Å²) in [4.78, 5) is 52.3. The summed E-state index contributed by atoms with van der Waals surface area (Å²) >= 11 is 4.55. The average molecular weight is 2290 g/mol. The van der Waals surface area contributed by atoms with E-state index in [0.717, 1.165) is 301 Å². The van der Waals surface area contributed by atoms with Crippen LogP contribution in [-0.2, 0) is 63.3 Å². The minimum atomic E-state index is -0.938. The number of aromatic carboxylic acids is 1. The molecule has 6 aromatic heterocycles. The second kappa shape index (κ2) is 57.4. The topological polar surface area (TPSA) is 349 Å². The number of aryl methyl sites for hydroxylation is 7. The Kier molecular flexibility index (Phi) is 47.3. The van der Waals surface area contributed by atoms with Crippen LogP contribution in [0.1, 0.15) is 106 Å². The van der Waals surface area contributed by atoms with Gasteiger partial charge in [-0.1, -0.05) is 7.43 Å². The van der Waals surface area contributed by atoms with Gasteiger partial charge in [-0.2, -0.15) is 10.5 Å². The molecule has 5 saturated heterocycles. The first-order valence-electron chi connectivity index (χ1n) is 43.9.